The minimum absolute atomic E-state index is 0.0928. The first-order valence-electron chi connectivity index (χ1n) is 11.2. The molecule has 0 saturated carbocycles. The second kappa shape index (κ2) is 11.8. The van der Waals surface area contributed by atoms with Crippen LogP contribution in [0.15, 0.2) is 24.3 Å². The van der Waals surface area contributed by atoms with Crippen molar-refractivity contribution in [3.05, 3.63) is 29.3 Å². The van der Waals surface area contributed by atoms with E-state index in [-0.39, 0.29) is 29.7 Å². The molecule has 1 aromatic carbocycles. The molecule has 8 heteroatoms. The Balaban J connectivity index is 1.93. The number of hydrogen-bond donors (Lipinski definition) is 1. The molecule has 2 amide bonds. The molecule has 1 aromatic heterocycles. The average Bonchev–Trinajstić information content (AvgIpc) is 3.15. The zero-order valence-electron chi connectivity index (χ0n) is 19.9. The molecule has 0 radical (unpaired) electrons. The van der Waals surface area contributed by atoms with E-state index in [1.54, 1.807) is 12.1 Å². The van der Waals surface area contributed by atoms with Crippen LogP contribution in [-0.4, -0.2) is 39.5 Å². The number of rotatable bonds is 10. The van der Waals surface area contributed by atoms with E-state index in [1.165, 1.54) is 11.3 Å². The number of nitrogens with one attached hydrogen (secondary N) is 1. The van der Waals surface area contributed by atoms with Crippen molar-refractivity contribution in [3.63, 3.8) is 0 Å². The summed E-state index contributed by atoms with van der Waals surface area (Å²) < 4.78 is 0. The van der Waals surface area contributed by atoms with E-state index in [9.17, 15) is 9.59 Å². The lowest BCUT2D eigenvalue weighted by atomic mass is 9.84. The highest BCUT2D eigenvalue weighted by Gasteiger charge is 2.24. The Kier molecular flexibility index (Phi) is 9.64. The Hall–Kier alpha value is -1.99. The molecule has 0 saturated heterocycles. The second-order valence-electron chi connectivity index (χ2n) is 9.64. The second-order valence-corrected chi connectivity index (χ2v) is 11.0. The number of hydrogen-bond acceptors (Lipinski definition) is 5. The molecule has 1 heterocycles. The number of amides is 2. The molecule has 0 bridgehead atoms. The van der Waals surface area contributed by atoms with Crippen LogP contribution >= 0.6 is 22.9 Å². The zero-order valence-corrected chi connectivity index (χ0v) is 21.5. The van der Waals surface area contributed by atoms with Crippen molar-refractivity contribution in [2.75, 3.05) is 11.9 Å². The highest BCUT2D eigenvalue weighted by molar-refractivity contribution is 7.18. The summed E-state index contributed by atoms with van der Waals surface area (Å²) in [5.74, 6) is 0.244. The molecule has 1 N–H and O–H groups in total. The SMILES string of the molecule is CC[C@H](C)N(CCC(=O)Nc1nnc(-c2ccc(Cl)cc2)s1)C(=O)C[C@H](C)CC(C)(C)C. The topological polar surface area (TPSA) is 75.2 Å². The van der Waals surface area contributed by atoms with E-state index in [0.29, 0.717) is 34.0 Å². The molecule has 0 aliphatic carbocycles. The fraction of sp³-hybridized carbons (Fsp3) is 0.583. The molecule has 2 atom stereocenters. The van der Waals surface area contributed by atoms with E-state index in [0.717, 1.165) is 18.4 Å². The summed E-state index contributed by atoms with van der Waals surface area (Å²) in [6.07, 6.45) is 2.56. The van der Waals surface area contributed by atoms with Gasteiger partial charge in [0.15, 0.2) is 0 Å². The van der Waals surface area contributed by atoms with Crippen LogP contribution in [0.2, 0.25) is 5.02 Å². The van der Waals surface area contributed by atoms with Crippen LogP contribution in [0.3, 0.4) is 0 Å². The first-order valence-corrected chi connectivity index (χ1v) is 12.4. The van der Waals surface area contributed by atoms with Crippen LogP contribution < -0.4 is 5.32 Å². The molecular formula is C24H35ClN4O2S. The quantitative estimate of drug-likeness (QED) is 0.436. The van der Waals surface area contributed by atoms with Crippen molar-refractivity contribution in [1.82, 2.24) is 15.1 Å². The Bertz CT molecular complexity index is 892. The van der Waals surface area contributed by atoms with Crippen molar-refractivity contribution in [1.29, 1.82) is 0 Å². The first kappa shape index (κ1) is 26.3. The maximum absolute atomic E-state index is 13.0. The molecule has 2 aromatic rings. The third-order valence-electron chi connectivity index (χ3n) is 5.27. The Morgan fingerprint density at radius 2 is 1.81 bits per heavy atom. The summed E-state index contributed by atoms with van der Waals surface area (Å²) >= 11 is 7.23. The van der Waals surface area contributed by atoms with Crippen LogP contribution in [0.1, 0.15) is 67.2 Å². The number of aromatic nitrogens is 2. The van der Waals surface area contributed by atoms with Gasteiger partial charge < -0.3 is 10.2 Å². The predicted molar refractivity (Wildman–Crippen MR) is 133 cm³/mol. The van der Waals surface area contributed by atoms with Gasteiger partial charge in [-0.2, -0.15) is 0 Å². The lowest BCUT2D eigenvalue weighted by Crippen LogP contribution is -2.41. The summed E-state index contributed by atoms with van der Waals surface area (Å²) in [5.41, 5.74) is 1.08. The minimum atomic E-state index is -0.173. The number of anilines is 1. The predicted octanol–water partition coefficient (Wildman–Crippen LogP) is 6.28. The van der Waals surface area contributed by atoms with Gasteiger partial charge in [0.1, 0.15) is 5.01 Å². The zero-order chi connectivity index (χ0) is 23.9. The lowest BCUT2D eigenvalue weighted by molar-refractivity contribution is -0.134. The third kappa shape index (κ3) is 8.51. The summed E-state index contributed by atoms with van der Waals surface area (Å²) in [7, 11) is 0. The summed E-state index contributed by atoms with van der Waals surface area (Å²) in [5, 5.41) is 12.8. The van der Waals surface area contributed by atoms with Crippen LogP contribution in [0.5, 0.6) is 0 Å². The largest absolute Gasteiger partial charge is 0.339 e. The van der Waals surface area contributed by atoms with Gasteiger partial charge in [-0.15, -0.1) is 10.2 Å². The maximum Gasteiger partial charge on any atom is 0.227 e. The molecule has 6 nitrogen and oxygen atoms in total. The first-order chi connectivity index (χ1) is 15.0. The normalized spacial score (nSPS) is 13.5. The van der Waals surface area contributed by atoms with E-state index >= 15 is 0 Å². The highest BCUT2D eigenvalue weighted by Crippen LogP contribution is 2.28. The average molecular weight is 479 g/mol. The molecule has 0 aliphatic rings. The van der Waals surface area contributed by atoms with Gasteiger partial charge in [0.05, 0.1) is 0 Å². The molecule has 32 heavy (non-hydrogen) atoms. The number of halogens is 1. The van der Waals surface area contributed by atoms with Crippen LogP contribution in [0, 0.1) is 11.3 Å². The monoisotopic (exact) mass is 478 g/mol. The van der Waals surface area contributed by atoms with E-state index in [2.05, 4.69) is 50.1 Å². The minimum Gasteiger partial charge on any atom is -0.339 e. The van der Waals surface area contributed by atoms with Crippen molar-refractivity contribution in [3.8, 4) is 10.6 Å². The van der Waals surface area contributed by atoms with Gasteiger partial charge in [0.25, 0.3) is 0 Å². The Morgan fingerprint density at radius 3 is 2.41 bits per heavy atom. The number of benzene rings is 1. The van der Waals surface area contributed by atoms with Gasteiger partial charge in [-0.3, -0.25) is 9.59 Å². The maximum atomic E-state index is 13.0. The van der Waals surface area contributed by atoms with Gasteiger partial charge in [-0.05, 0) is 43.2 Å². The smallest absolute Gasteiger partial charge is 0.227 e. The number of nitrogens with zero attached hydrogens (tertiary/aromatic N) is 3. The lowest BCUT2D eigenvalue weighted by Gasteiger charge is -2.31. The number of carbonyl (C=O) groups is 2. The van der Waals surface area contributed by atoms with Crippen LogP contribution in [-0.2, 0) is 9.59 Å². The van der Waals surface area contributed by atoms with Gasteiger partial charge in [0.2, 0.25) is 16.9 Å². The van der Waals surface area contributed by atoms with E-state index in [1.807, 2.05) is 24.0 Å². The molecule has 0 unspecified atom stereocenters. The van der Waals surface area contributed by atoms with Crippen molar-refractivity contribution >= 4 is 39.9 Å². The molecule has 0 aliphatic heterocycles. The summed E-state index contributed by atoms with van der Waals surface area (Å²) in [4.78, 5) is 27.3. The summed E-state index contributed by atoms with van der Waals surface area (Å²) in [6.45, 7) is 13.2. The Labute approximate surface area is 200 Å². The standard InChI is InChI=1S/C24H35ClN4O2S/c1-7-17(3)29(21(31)14-16(2)15-24(4,5)6)13-12-20(30)26-23-28-27-22(32-23)18-8-10-19(25)11-9-18/h8-11,16-17H,7,12-15H2,1-6H3,(H,26,28,30)/t16-,17-/m0/s1. The Morgan fingerprint density at radius 1 is 1.16 bits per heavy atom. The van der Waals surface area contributed by atoms with Gasteiger partial charge in [0, 0.05) is 36.0 Å². The molecule has 0 fully saturated rings. The van der Waals surface area contributed by atoms with Crippen molar-refractivity contribution < 1.29 is 9.59 Å². The molecule has 176 valence electrons. The van der Waals surface area contributed by atoms with E-state index < -0.39 is 0 Å². The van der Waals surface area contributed by atoms with Crippen LogP contribution in [0.25, 0.3) is 10.6 Å². The van der Waals surface area contributed by atoms with E-state index in [4.69, 9.17) is 11.6 Å². The van der Waals surface area contributed by atoms with Crippen LogP contribution in [0.4, 0.5) is 5.13 Å². The third-order valence-corrected chi connectivity index (χ3v) is 6.41. The number of carbonyl (C=O) groups excluding carboxylic acids is 2. The highest BCUT2D eigenvalue weighted by atomic mass is 35.5. The fourth-order valence-electron chi connectivity index (χ4n) is 3.73. The van der Waals surface area contributed by atoms with Crippen molar-refractivity contribution in [2.24, 2.45) is 11.3 Å². The summed E-state index contributed by atoms with van der Waals surface area (Å²) in [6, 6.07) is 7.41. The van der Waals surface area contributed by atoms with Gasteiger partial charge in [-0.1, -0.05) is 69.7 Å². The molecule has 0 spiro atoms. The molecular weight excluding hydrogens is 444 g/mol. The van der Waals surface area contributed by atoms with Crippen molar-refractivity contribution in [2.45, 2.75) is 73.3 Å². The van der Waals surface area contributed by atoms with Gasteiger partial charge >= 0.3 is 0 Å². The molecule has 2 rings (SSSR count). The fourth-order valence-corrected chi connectivity index (χ4v) is 4.62. The van der Waals surface area contributed by atoms with Gasteiger partial charge in [-0.25, -0.2) is 0 Å².